The van der Waals surface area contributed by atoms with Gasteiger partial charge in [0.05, 0.1) is 0 Å². The summed E-state index contributed by atoms with van der Waals surface area (Å²) in [6.45, 7) is 3.06. The quantitative estimate of drug-likeness (QED) is 0.771. The van der Waals surface area contributed by atoms with Gasteiger partial charge in [-0.25, -0.2) is 0 Å². The smallest absolute Gasteiger partial charge is 0.311 e. The molecule has 1 rings (SSSR count). The highest BCUT2D eigenvalue weighted by molar-refractivity contribution is 14.1. The third kappa shape index (κ3) is 1.62. The van der Waals surface area contributed by atoms with Crippen LogP contribution in [0.3, 0.4) is 0 Å². The lowest BCUT2D eigenvalue weighted by atomic mass is 10.4. The molecule has 0 aliphatic carbocycles. The van der Waals surface area contributed by atoms with E-state index in [-0.39, 0.29) is 10.7 Å². The highest BCUT2D eigenvalue weighted by Gasteiger charge is 2.24. The van der Waals surface area contributed by atoms with Gasteiger partial charge >= 0.3 is 10.1 Å². The minimum Gasteiger partial charge on any atom is -0.360 e. The van der Waals surface area contributed by atoms with Crippen LogP contribution in [0, 0.1) is 13.8 Å². The standard InChI is InChI=1S/C5H6INO4S/c1-3-5(4(2)10-7-3)12(8,9)11-6/h1-2H3. The molecule has 0 aliphatic heterocycles. The summed E-state index contributed by atoms with van der Waals surface area (Å²) in [5.74, 6) is 0.240. The number of nitrogens with zero attached hydrogens (tertiary/aromatic N) is 1. The SMILES string of the molecule is Cc1noc(C)c1S(=O)(=O)OI. The Morgan fingerprint density at radius 1 is 1.50 bits per heavy atom. The van der Waals surface area contributed by atoms with Crippen LogP contribution in [0.2, 0.25) is 0 Å². The third-order valence-electron chi connectivity index (χ3n) is 1.30. The largest absolute Gasteiger partial charge is 0.360 e. The first-order valence-corrected chi connectivity index (χ1v) is 5.26. The zero-order chi connectivity index (χ0) is 9.35. The molecule has 68 valence electrons. The second kappa shape index (κ2) is 3.30. The monoisotopic (exact) mass is 303 g/mol. The summed E-state index contributed by atoms with van der Waals surface area (Å²) in [6, 6.07) is 0. The van der Waals surface area contributed by atoms with Crippen molar-refractivity contribution in [1.29, 1.82) is 0 Å². The Bertz CT molecular complexity index is 363. The van der Waals surface area contributed by atoms with Crippen molar-refractivity contribution in [3.05, 3.63) is 11.5 Å². The van der Waals surface area contributed by atoms with Crippen LogP contribution < -0.4 is 0 Å². The third-order valence-corrected chi connectivity index (χ3v) is 3.97. The molecule has 0 atom stereocenters. The van der Waals surface area contributed by atoms with Crippen LogP contribution in [0.25, 0.3) is 0 Å². The highest BCUT2D eigenvalue weighted by atomic mass is 127. The number of halogens is 1. The van der Waals surface area contributed by atoms with Crippen molar-refractivity contribution in [2.24, 2.45) is 0 Å². The summed E-state index contributed by atoms with van der Waals surface area (Å²) in [7, 11) is -3.69. The summed E-state index contributed by atoms with van der Waals surface area (Å²) in [4.78, 5) is 0.0110. The van der Waals surface area contributed by atoms with Crippen LogP contribution >= 0.6 is 23.0 Å². The molecule has 0 N–H and O–H groups in total. The van der Waals surface area contributed by atoms with Crippen LogP contribution in [0.4, 0.5) is 0 Å². The number of hydrogen-bond donors (Lipinski definition) is 0. The molecule has 0 unspecified atom stereocenters. The molecule has 1 aromatic rings. The Hall–Kier alpha value is -0.150. The van der Waals surface area contributed by atoms with Gasteiger partial charge in [-0.1, -0.05) is 5.16 Å². The molecule has 5 nitrogen and oxygen atoms in total. The molecule has 0 aliphatic rings. The van der Waals surface area contributed by atoms with Crippen molar-refractivity contribution < 1.29 is 15.5 Å². The van der Waals surface area contributed by atoms with E-state index in [0.29, 0.717) is 5.69 Å². The van der Waals surface area contributed by atoms with E-state index in [1.807, 2.05) is 0 Å². The molecule has 1 heterocycles. The second-order valence-corrected chi connectivity index (χ2v) is 4.69. The molecular weight excluding hydrogens is 297 g/mol. The van der Waals surface area contributed by atoms with E-state index in [1.165, 1.54) is 29.9 Å². The molecule has 0 saturated carbocycles. The van der Waals surface area contributed by atoms with Gasteiger partial charge in [-0.3, -0.25) is 0 Å². The molecular formula is C5H6INO4S. The molecule has 0 amide bonds. The molecule has 0 saturated heterocycles. The Balaban J connectivity index is 3.37. The summed E-state index contributed by atoms with van der Waals surface area (Å²) < 4.78 is 31.3. The molecule has 0 fully saturated rings. The zero-order valence-electron chi connectivity index (χ0n) is 6.37. The summed E-state index contributed by atoms with van der Waals surface area (Å²) >= 11 is 1.31. The molecule has 0 radical (unpaired) electrons. The normalized spacial score (nSPS) is 11.9. The predicted octanol–water partition coefficient (Wildman–Crippen LogP) is 1.35. The maximum atomic E-state index is 11.2. The Kier molecular flexibility index (Phi) is 2.74. The molecule has 1 aromatic heterocycles. The zero-order valence-corrected chi connectivity index (χ0v) is 9.34. The van der Waals surface area contributed by atoms with Gasteiger partial charge in [0.15, 0.2) is 10.7 Å². The Labute approximate surface area is 83.9 Å². The lowest BCUT2D eigenvalue weighted by Crippen LogP contribution is -2.01. The molecule has 0 aromatic carbocycles. The fourth-order valence-corrected chi connectivity index (χ4v) is 2.25. The average Bonchev–Trinajstić information content (AvgIpc) is 2.31. The number of aromatic nitrogens is 1. The fourth-order valence-electron chi connectivity index (χ4n) is 0.863. The van der Waals surface area contributed by atoms with Gasteiger partial charge in [0, 0.05) is 0 Å². The second-order valence-electron chi connectivity index (χ2n) is 2.17. The lowest BCUT2D eigenvalue weighted by molar-refractivity contribution is 0.390. The first kappa shape index (κ1) is 9.93. The van der Waals surface area contributed by atoms with E-state index in [4.69, 9.17) is 0 Å². The van der Waals surface area contributed by atoms with Crippen molar-refractivity contribution in [3.8, 4) is 0 Å². The van der Waals surface area contributed by atoms with Gasteiger partial charge < -0.3 is 4.52 Å². The Morgan fingerprint density at radius 3 is 2.42 bits per heavy atom. The topological polar surface area (TPSA) is 69.4 Å². The van der Waals surface area contributed by atoms with Crippen LogP contribution in [-0.2, 0) is 12.6 Å². The molecule has 12 heavy (non-hydrogen) atoms. The molecule has 0 bridgehead atoms. The van der Waals surface area contributed by atoms with Gasteiger partial charge in [0.1, 0.15) is 28.7 Å². The van der Waals surface area contributed by atoms with Gasteiger partial charge in [-0.2, -0.15) is 10.9 Å². The van der Waals surface area contributed by atoms with Crippen molar-refractivity contribution >= 4 is 33.1 Å². The average molecular weight is 303 g/mol. The maximum Gasteiger partial charge on any atom is 0.311 e. The fraction of sp³-hybridized carbons (Fsp3) is 0.400. The van der Waals surface area contributed by atoms with Gasteiger partial charge in [-0.15, -0.1) is 0 Å². The Morgan fingerprint density at radius 2 is 2.08 bits per heavy atom. The van der Waals surface area contributed by atoms with Crippen molar-refractivity contribution in [3.63, 3.8) is 0 Å². The van der Waals surface area contributed by atoms with Crippen LogP contribution in [0.1, 0.15) is 11.5 Å². The van der Waals surface area contributed by atoms with E-state index in [2.05, 4.69) is 12.2 Å². The molecule has 7 heteroatoms. The maximum absolute atomic E-state index is 11.2. The number of aryl methyl sites for hydroxylation is 2. The van der Waals surface area contributed by atoms with Gasteiger partial charge in [0.2, 0.25) is 0 Å². The van der Waals surface area contributed by atoms with E-state index < -0.39 is 10.1 Å². The first-order valence-electron chi connectivity index (χ1n) is 2.97. The summed E-state index contributed by atoms with van der Waals surface area (Å²) in [6.07, 6.45) is 0. The van der Waals surface area contributed by atoms with Gasteiger partial charge in [-0.05, 0) is 13.8 Å². The highest BCUT2D eigenvalue weighted by Crippen LogP contribution is 2.22. The molecule has 0 spiro atoms. The summed E-state index contributed by atoms with van der Waals surface area (Å²) in [5, 5.41) is 3.49. The predicted molar refractivity (Wildman–Crippen MR) is 48.3 cm³/mol. The summed E-state index contributed by atoms with van der Waals surface area (Å²) in [5.41, 5.74) is 0.309. The minimum absolute atomic E-state index is 0.0110. The van der Waals surface area contributed by atoms with Gasteiger partial charge in [0.25, 0.3) is 0 Å². The lowest BCUT2D eigenvalue weighted by Gasteiger charge is -1.95. The van der Waals surface area contributed by atoms with Crippen molar-refractivity contribution in [1.82, 2.24) is 5.16 Å². The van der Waals surface area contributed by atoms with E-state index in [9.17, 15) is 8.42 Å². The van der Waals surface area contributed by atoms with Crippen LogP contribution in [0.15, 0.2) is 9.42 Å². The van der Waals surface area contributed by atoms with Crippen molar-refractivity contribution in [2.75, 3.05) is 0 Å². The van der Waals surface area contributed by atoms with Crippen LogP contribution in [0.5, 0.6) is 0 Å². The van der Waals surface area contributed by atoms with Crippen molar-refractivity contribution in [2.45, 2.75) is 18.7 Å². The number of hydrogen-bond acceptors (Lipinski definition) is 5. The minimum atomic E-state index is -3.69. The van der Waals surface area contributed by atoms with E-state index >= 15 is 0 Å². The van der Waals surface area contributed by atoms with E-state index in [0.717, 1.165) is 0 Å². The number of rotatable bonds is 2. The van der Waals surface area contributed by atoms with E-state index in [1.54, 1.807) is 6.92 Å². The van der Waals surface area contributed by atoms with Crippen LogP contribution in [-0.4, -0.2) is 13.6 Å². The first-order chi connectivity index (χ1) is 5.49.